The molecule has 2 aromatic rings. The van der Waals surface area contributed by atoms with Crippen molar-refractivity contribution in [1.82, 2.24) is 9.97 Å². The van der Waals surface area contributed by atoms with Crippen molar-refractivity contribution in [2.45, 2.75) is 60.0 Å². The normalized spacial score (nSPS) is 11.7. The quantitative estimate of drug-likeness (QED) is 0.422. The van der Waals surface area contributed by atoms with Gasteiger partial charge in [0.1, 0.15) is 6.61 Å². The number of hydrazone groups is 1. The van der Waals surface area contributed by atoms with Gasteiger partial charge in [-0.15, -0.1) is 0 Å². The van der Waals surface area contributed by atoms with E-state index in [0.717, 1.165) is 31.6 Å². The predicted molar refractivity (Wildman–Crippen MR) is 124 cm³/mol. The number of rotatable bonds is 11. The maximum absolute atomic E-state index is 9.99. The van der Waals surface area contributed by atoms with Crippen molar-refractivity contribution in [3.63, 3.8) is 0 Å². The van der Waals surface area contributed by atoms with Gasteiger partial charge < -0.3 is 14.7 Å². The lowest BCUT2D eigenvalue weighted by Crippen LogP contribution is -2.29. The maximum Gasteiger partial charge on any atom is 0.229 e. The van der Waals surface area contributed by atoms with Crippen LogP contribution in [0.2, 0.25) is 0 Å². The van der Waals surface area contributed by atoms with Crippen LogP contribution in [0.25, 0.3) is 0 Å². The predicted octanol–water partition coefficient (Wildman–Crippen LogP) is 4.32. The van der Waals surface area contributed by atoms with Gasteiger partial charge in [-0.05, 0) is 63.8 Å². The van der Waals surface area contributed by atoms with Gasteiger partial charge in [-0.25, -0.2) is 4.98 Å². The summed E-state index contributed by atoms with van der Waals surface area (Å²) in [6.45, 7) is 13.7. The number of aromatic nitrogens is 2. The minimum Gasteiger partial charge on any atom is -0.474 e. The van der Waals surface area contributed by atoms with Crippen molar-refractivity contribution in [2.75, 3.05) is 30.0 Å². The Morgan fingerprint density at radius 3 is 2.40 bits per heavy atom. The molecule has 0 saturated carbocycles. The highest BCUT2D eigenvalue weighted by Crippen LogP contribution is 2.18. The molecule has 0 saturated heterocycles. The lowest BCUT2D eigenvalue weighted by Gasteiger charge is -2.23. The Morgan fingerprint density at radius 2 is 1.80 bits per heavy atom. The van der Waals surface area contributed by atoms with Gasteiger partial charge in [0, 0.05) is 19.2 Å². The van der Waals surface area contributed by atoms with E-state index < -0.39 is 5.60 Å². The lowest BCUT2D eigenvalue weighted by molar-refractivity contribution is 0.0268. The molecule has 0 aliphatic carbocycles. The fourth-order valence-corrected chi connectivity index (χ4v) is 2.80. The number of nitrogens with zero attached hydrogens (tertiary/aromatic N) is 4. The molecule has 0 atom stereocenters. The summed E-state index contributed by atoms with van der Waals surface area (Å²) in [5.74, 6) is 1.03. The smallest absolute Gasteiger partial charge is 0.229 e. The second-order valence-corrected chi connectivity index (χ2v) is 8.19. The summed E-state index contributed by atoms with van der Waals surface area (Å²) in [5.41, 5.74) is 6.10. The first kappa shape index (κ1) is 23.6. The lowest BCUT2D eigenvalue weighted by atomic mass is 10.1. The highest BCUT2D eigenvalue weighted by atomic mass is 16.5. The molecule has 1 aromatic heterocycles. The standard InChI is InChI=1S/C23H35N5O2/c1-7-11-28(12-8-2)22-25-20(14-21(26-22)30-16-23(5,6)29)15-24-27-19-10-9-17(3)18(4)13-19/h9-10,13-15,27,29H,7-8,11-12,16H2,1-6H3/b24-15+. The molecule has 0 aliphatic heterocycles. The van der Waals surface area contributed by atoms with Crippen LogP contribution in [-0.2, 0) is 0 Å². The average molecular weight is 414 g/mol. The molecule has 0 fully saturated rings. The maximum atomic E-state index is 9.99. The van der Waals surface area contributed by atoms with Gasteiger partial charge in [-0.2, -0.15) is 10.1 Å². The highest BCUT2D eigenvalue weighted by Gasteiger charge is 2.16. The second-order valence-electron chi connectivity index (χ2n) is 8.19. The summed E-state index contributed by atoms with van der Waals surface area (Å²) < 4.78 is 5.74. The van der Waals surface area contributed by atoms with Crippen molar-refractivity contribution >= 4 is 17.9 Å². The zero-order chi connectivity index (χ0) is 22.1. The van der Waals surface area contributed by atoms with E-state index in [-0.39, 0.29) is 6.61 Å². The number of hydrogen-bond acceptors (Lipinski definition) is 7. The van der Waals surface area contributed by atoms with Crippen LogP contribution in [0.1, 0.15) is 57.4 Å². The second kappa shape index (κ2) is 10.9. The van der Waals surface area contributed by atoms with Crippen molar-refractivity contribution in [1.29, 1.82) is 0 Å². The van der Waals surface area contributed by atoms with Gasteiger partial charge in [-0.3, -0.25) is 5.43 Å². The van der Waals surface area contributed by atoms with E-state index in [4.69, 9.17) is 4.74 Å². The van der Waals surface area contributed by atoms with Crippen molar-refractivity contribution < 1.29 is 9.84 Å². The Labute approximate surface area is 180 Å². The molecule has 0 radical (unpaired) electrons. The zero-order valence-corrected chi connectivity index (χ0v) is 19.1. The number of ether oxygens (including phenoxy) is 1. The molecule has 7 heteroatoms. The van der Waals surface area contributed by atoms with E-state index >= 15 is 0 Å². The van der Waals surface area contributed by atoms with Crippen LogP contribution in [0.15, 0.2) is 29.4 Å². The molecule has 1 aromatic carbocycles. The molecule has 0 amide bonds. The number of aryl methyl sites for hydroxylation is 2. The van der Waals surface area contributed by atoms with Crippen LogP contribution < -0.4 is 15.1 Å². The summed E-state index contributed by atoms with van der Waals surface area (Å²) in [7, 11) is 0. The fraction of sp³-hybridized carbons (Fsp3) is 0.522. The molecule has 7 nitrogen and oxygen atoms in total. The Bertz CT molecular complexity index is 840. The van der Waals surface area contributed by atoms with E-state index in [9.17, 15) is 5.11 Å². The fourth-order valence-electron chi connectivity index (χ4n) is 2.80. The Kier molecular flexibility index (Phi) is 8.59. The number of anilines is 2. The van der Waals surface area contributed by atoms with Crippen LogP contribution in [0.3, 0.4) is 0 Å². The summed E-state index contributed by atoms with van der Waals surface area (Å²) in [5, 5.41) is 14.3. The first-order valence-corrected chi connectivity index (χ1v) is 10.6. The minimum absolute atomic E-state index is 0.141. The minimum atomic E-state index is -0.948. The molecule has 2 rings (SSSR count). The van der Waals surface area contributed by atoms with Crippen molar-refractivity contribution in [3.8, 4) is 5.88 Å². The van der Waals surface area contributed by atoms with Gasteiger partial charge in [0.2, 0.25) is 11.8 Å². The number of nitrogens with one attached hydrogen (secondary N) is 1. The summed E-state index contributed by atoms with van der Waals surface area (Å²) in [6.07, 6.45) is 3.65. The molecule has 0 spiro atoms. The number of aliphatic hydroxyl groups is 1. The van der Waals surface area contributed by atoms with Crippen molar-refractivity contribution in [3.05, 3.63) is 41.1 Å². The third-order valence-electron chi connectivity index (χ3n) is 4.45. The van der Waals surface area contributed by atoms with Crippen molar-refractivity contribution in [2.24, 2.45) is 5.10 Å². The number of hydrogen-bond donors (Lipinski definition) is 2. The van der Waals surface area contributed by atoms with Gasteiger partial charge >= 0.3 is 0 Å². The molecule has 0 unspecified atom stereocenters. The van der Waals surface area contributed by atoms with E-state index in [0.29, 0.717) is 17.5 Å². The van der Waals surface area contributed by atoms with E-state index in [1.54, 1.807) is 26.1 Å². The third kappa shape index (κ3) is 7.63. The van der Waals surface area contributed by atoms with E-state index in [2.05, 4.69) is 65.2 Å². The zero-order valence-electron chi connectivity index (χ0n) is 19.1. The van der Waals surface area contributed by atoms with Gasteiger partial charge in [0.25, 0.3) is 0 Å². The first-order chi connectivity index (χ1) is 14.2. The molecule has 0 bridgehead atoms. The van der Waals surface area contributed by atoms with Crippen LogP contribution in [-0.4, -0.2) is 46.6 Å². The molecule has 0 aliphatic rings. The van der Waals surface area contributed by atoms with Crippen LogP contribution in [0, 0.1) is 13.8 Å². The van der Waals surface area contributed by atoms with Gasteiger partial charge in [-0.1, -0.05) is 19.9 Å². The molecular weight excluding hydrogens is 378 g/mol. The Balaban J connectivity index is 2.26. The van der Waals surface area contributed by atoms with Crippen LogP contribution in [0.5, 0.6) is 5.88 Å². The highest BCUT2D eigenvalue weighted by molar-refractivity contribution is 5.78. The Morgan fingerprint density at radius 1 is 1.10 bits per heavy atom. The third-order valence-corrected chi connectivity index (χ3v) is 4.45. The number of benzene rings is 1. The molecular formula is C23H35N5O2. The molecule has 1 heterocycles. The summed E-state index contributed by atoms with van der Waals surface area (Å²) in [6, 6.07) is 7.84. The monoisotopic (exact) mass is 413 g/mol. The van der Waals surface area contributed by atoms with E-state index in [1.807, 2.05) is 6.07 Å². The first-order valence-electron chi connectivity index (χ1n) is 10.6. The molecule has 30 heavy (non-hydrogen) atoms. The van der Waals surface area contributed by atoms with E-state index in [1.165, 1.54) is 11.1 Å². The summed E-state index contributed by atoms with van der Waals surface area (Å²) >= 11 is 0. The van der Waals surface area contributed by atoms with Gasteiger partial charge in [0.15, 0.2) is 0 Å². The molecule has 2 N–H and O–H groups in total. The van der Waals surface area contributed by atoms with Gasteiger partial charge in [0.05, 0.1) is 23.2 Å². The molecule has 164 valence electrons. The van der Waals surface area contributed by atoms with Crippen LogP contribution >= 0.6 is 0 Å². The Hall–Kier alpha value is -2.67. The largest absolute Gasteiger partial charge is 0.474 e. The SMILES string of the molecule is CCCN(CCC)c1nc(/C=N/Nc2ccc(C)c(C)c2)cc(OCC(C)(C)O)n1. The topological polar surface area (TPSA) is 82.9 Å². The van der Waals surface area contributed by atoms with Crippen LogP contribution in [0.4, 0.5) is 11.6 Å². The average Bonchev–Trinajstić information content (AvgIpc) is 2.68. The summed E-state index contributed by atoms with van der Waals surface area (Å²) in [4.78, 5) is 11.4.